The monoisotopic (exact) mass is 397 g/mol. The minimum absolute atomic E-state index is 0.0745. The number of carbonyl (C=O) groups is 2. The van der Waals surface area contributed by atoms with Crippen LogP contribution in [0.4, 0.5) is 5.69 Å². The van der Waals surface area contributed by atoms with Gasteiger partial charge in [0, 0.05) is 4.47 Å². The lowest BCUT2D eigenvalue weighted by Crippen LogP contribution is -2.26. The first-order valence-corrected chi connectivity index (χ1v) is 8.33. The second-order valence-electron chi connectivity index (χ2n) is 4.43. The highest BCUT2D eigenvalue weighted by Crippen LogP contribution is 2.20. The van der Waals surface area contributed by atoms with Gasteiger partial charge in [-0.15, -0.1) is 0 Å². The van der Waals surface area contributed by atoms with E-state index in [0.717, 1.165) is 18.2 Å². The molecule has 0 aromatic heterocycles. The fourth-order valence-electron chi connectivity index (χ4n) is 1.75. The van der Waals surface area contributed by atoms with Crippen molar-refractivity contribution in [2.45, 2.75) is 4.90 Å². The van der Waals surface area contributed by atoms with Crippen molar-refractivity contribution >= 4 is 43.6 Å². The van der Waals surface area contributed by atoms with Crippen LogP contribution >= 0.6 is 15.9 Å². The number of carboxylic acids is 2. The molecule has 120 valence electrons. The first-order valence-electron chi connectivity index (χ1n) is 6.05. The zero-order valence-electron chi connectivity index (χ0n) is 11.3. The molecule has 0 aliphatic rings. The Balaban J connectivity index is 2.44. The van der Waals surface area contributed by atoms with Gasteiger partial charge in [-0.2, -0.15) is 0 Å². The van der Waals surface area contributed by atoms with Gasteiger partial charge in [-0.1, -0.05) is 15.9 Å². The largest absolute Gasteiger partial charge is 0.545 e. The molecule has 0 atom stereocenters. The number of sulfonamides is 1. The maximum absolute atomic E-state index is 12.2. The molecule has 7 nitrogen and oxygen atoms in total. The molecule has 0 aliphatic carbocycles. The fraction of sp³-hybridized carbons (Fsp3) is 0. The zero-order chi connectivity index (χ0) is 17.2. The Morgan fingerprint density at radius 3 is 1.83 bits per heavy atom. The summed E-state index contributed by atoms with van der Waals surface area (Å²) in [6.07, 6.45) is 0. The number of benzene rings is 2. The summed E-state index contributed by atoms with van der Waals surface area (Å²) in [4.78, 5) is 21.7. The lowest BCUT2D eigenvalue weighted by molar-refractivity contribution is -0.255. The first kappa shape index (κ1) is 17.0. The van der Waals surface area contributed by atoms with Crippen molar-refractivity contribution in [1.29, 1.82) is 0 Å². The summed E-state index contributed by atoms with van der Waals surface area (Å²) >= 11 is 3.17. The SMILES string of the molecule is O=C([O-])c1cc(NS(=O)(=O)c2ccc(Br)cc2)cc(C(=O)[O-])c1. The zero-order valence-corrected chi connectivity index (χ0v) is 13.7. The normalized spacial score (nSPS) is 11.0. The first-order chi connectivity index (χ1) is 10.7. The molecule has 23 heavy (non-hydrogen) atoms. The van der Waals surface area contributed by atoms with E-state index in [9.17, 15) is 28.2 Å². The van der Waals surface area contributed by atoms with E-state index in [0.29, 0.717) is 4.47 Å². The molecule has 0 bridgehead atoms. The third kappa shape index (κ3) is 4.08. The van der Waals surface area contributed by atoms with E-state index in [4.69, 9.17) is 0 Å². The van der Waals surface area contributed by atoms with E-state index >= 15 is 0 Å². The van der Waals surface area contributed by atoms with Crippen LogP contribution in [0.2, 0.25) is 0 Å². The van der Waals surface area contributed by atoms with Gasteiger partial charge in [-0.25, -0.2) is 8.42 Å². The van der Waals surface area contributed by atoms with Gasteiger partial charge in [-0.05, 0) is 53.6 Å². The van der Waals surface area contributed by atoms with Crippen LogP contribution in [0.15, 0.2) is 51.8 Å². The summed E-state index contributed by atoms with van der Waals surface area (Å²) in [5.41, 5.74) is -1.20. The molecular weight excluding hydrogens is 390 g/mol. The van der Waals surface area contributed by atoms with Gasteiger partial charge in [0.2, 0.25) is 0 Å². The molecule has 0 heterocycles. The molecule has 2 aromatic rings. The topological polar surface area (TPSA) is 126 Å². The Labute approximate surface area is 139 Å². The molecule has 0 saturated carbocycles. The Hall–Kier alpha value is -2.39. The smallest absolute Gasteiger partial charge is 0.261 e. The van der Waals surface area contributed by atoms with Crippen molar-refractivity contribution in [3.63, 3.8) is 0 Å². The van der Waals surface area contributed by atoms with Crippen LogP contribution in [0.25, 0.3) is 0 Å². The quantitative estimate of drug-likeness (QED) is 0.754. The number of halogens is 1. The molecule has 2 rings (SSSR count). The molecular formula is C14H8BrNO6S-2. The summed E-state index contributed by atoms with van der Waals surface area (Å²) in [5.74, 6) is -3.28. The Bertz CT molecular complexity index is 844. The number of rotatable bonds is 5. The summed E-state index contributed by atoms with van der Waals surface area (Å²) in [5, 5.41) is 21.8. The van der Waals surface area contributed by atoms with Crippen LogP contribution in [-0.4, -0.2) is 20.4 Å². The minimum Gasteiger partial charge on any atom is -0.545 e. The van der Waals surface area contributed by atoms with Crippen molar-refractivity contribution in [1.82, 2.24) is 0 Å². The average molecular weight is 398 g/mol. The van der Waals surface area contributed by atoms with Crippen molar-refractivity contribution < 1.29 is 28.2 Å². The number of anilines is 1. The highest BCUT2D eigenvalue weighted by atomic mass is 79.9. The van der Waals surface area contributed by atoms with E-state index in [-0.39, 0.29) is 10.6 Å². The van der Waals surface area contributed by atoms with E-state index in [2.05, 4.69) is 20.7 Å². The van der Waals surface area contributed by atoms with Gasteiger partial charge in [0.05, 0.1) is 22.5 Å². The van der Waals surface area contributed by atoms with Gasteiger partial charge in [-0.3, -0.25) is 4.72 Å². The van der Waals surface area contributed by atoms with Gasteiger partial charge in [0.15, 0.2) is 0 Å². The predicted molar refractivity (Wildman–Crippen MR) is 80.1 cm³/mol. The third-order valence-electron chi connectivity index (χ3n) is 2.78. The predicted octanol–water partition coefficient (Wildman–Crippen LogP) is -0.0231. The molecule has 9 heteroatoms. The third-order valence-corrected chi connectivity index (χ3v) is 4.71. The average Bonchev–Trinajstić information content (AvgIpc) is 2.46. The number of hydrogen-bond donors (Lipinski definition) is 1. The van der Waals surface area contributed by atoms with Gasteiger partial charge in [0.25, 0.3) is 10.0 Å². The van der Waals surface area contributed by atoms with Crippen molar-refractivity contribution in [2.75, 3.05) is 4.72 Å². The lowest BCUT2D eigenvalue weighted by atomic mass is 10.1. The molecule has 0 unspecified atom stereocenters. The van der Waals surface area contributed by atoms with Crippen LogP contribution in [0.1, 0.15) is 20.7 Å². The van der Waals surface area contributed by atoms with E-state index in [1.165, 1.54) is 24.3 Å². The second-order valence-corrected chi connectivity index (χ2v) is 7.03. The summed E-state index contributed by atoms with van der Waals surface area (Å²) in [7, 11) is -4.01. The van der Waals surface area contributed by atoms with Crippen LogP contribution in [0, 0.1) is 0 Å². The Morgan fingerprint density at radius 2 is 1.39 bits per heavy atom. The van der Waals surface area contributed by atoms with Crippen LogP contribution < -0.4 is 14.9 Å². The van der Waals surface area contributed by atoms with Gasteiger partial charge < -0.3 is 19.8 Å². The summed E-state index contributed by atoms with van der Waals surface area (Å²) in [6.45, 7) is 0. The Kier molecular flexibility index (Phi) is 4.71. The second kappa shape index (κ2) is 6.39. The van der Waals surface area contributed by atoms with E-state index in [1.807, 2.05) is 0 Å². The highest BCUT2D eigenvalue weighted by Gasteiger charge is 2.15. The standard InChI is InChI=1S/C14H10BrNO6S/c15-10-1-3-12(4-2-10)23(21,22)16-11-6-8(13(17)18)5-9(7-11)14(19)20/h1-7,16H,(H,17,18)(H,19,20)/p-2. The van der Waals surface area contributed by atoms with Crippen molar-refractivity contribution in [2.24, 2.45) is 0 Å². The molecule has 0 saturated heterocycles. The molecule has 0 amide bonds. The van der Waals surface area contributed by atoms with E-state index < -0.39 is 33.1 Å². The van der Waals surface area contributed by atoms with Crippen LogP contribution in [0.3, 0.4) is 0 Å². The van der Waals surface area contributed by atoms with Crippen molar-refractivity contribution in [3.8, 4) is 0 Å². The van der Waals surface area contributed by atoms with Crippen LogP contribution in [-0.2, 0) is 10.0 Å². The summed E-state index contributed by atoms with van der Waals surface area (Å²) < 4.78 is 27.2. The van der Waals surface area contributed by atoms with Crippen molar-refractivity contribution in [3.05, 3.63) is 58.1 Å². The fourth-order valence-corrected chi connectivity index (χ4v) is 3.05. The minimum atomic E-state index is -4.01. The number of aromatic carboxylic acids is 2. The van der Waals surface area contributed by atoms with E-state index in [1.54, 1.807) is 0 Å². The molecule has 0 radical (unpaired) electrons. The number of carbonyl (C=O) groups excluding carboxylic acids is 2. The maximum atomic E-state index is 12.2. The number of carboxylic acid groups (broad SMARTS) is 2. The maximum Gasteiger partial charge on any atom is 0.261 e. The molecule has 0 aliphatic heterocycles. The van der Waals surface area contributed by atoms with Gasteiger partial charge in [0.1, 0.15) is 0 Å². The molecule has 0 fully saturated rings. The molecule has 0 spiro atoms. The summed E-state index contributed by atoms with van der Waals surface area (Å²) in [6, 6.07) is 8.42. The lowest BCUT2D eigenvalue weighted by Gasteiger charge is -2.13. The number of nitrogens with one attached hydrogen (secondary N) is 1. The highest BCUT2D eigenvalue weighted by molar-refractivity contribution is 9.10. The molecule has 1 N–H and O–H groups in total. The Morgan fingerprint density at radius 1 is 0.913 bits per heavy atom. The van der Waals surface area contributed by atoms with Gasteiger partial charge >= 0.3 is 0 Å². The van der Waals surface area contributed by atoms with Crippen LogP contribution in [0.5, 0.6) is 0 Å². The molecule has 2 aromatic carbocycles. The number of hydrogen-bond acceptors (Lipinski definition) is 6.